The first-order chi connectivity index (χ1) is 16.0. The van der Waals surface area contributed by atoms with Gasteiger partial charge in [-0.05, 0) is 42.7 Å². The van der Waals surface area contributed by atoms with Crippen molar-refractivity contribution in [2.75, 3.05) is 0 Å². The first kappa shape index (κ1) is 22.0. The molecule has 8 heteroatoms. The van der Waals surface area contributed by atoms with Crippen molar-refractivity contribution in [1.29, 1.82) is 0 Å². The van der Waals surface area contributed by atoms with Crippen molar-refractivity contribution >= 4 is 33.3 Å². The van der Waals surface area contributed by atoms with Crippen molar-refractivity contribution in [3.05, 3.63) is 85.0 Å². The Bertz CT molecular complexity index is 1420. The summed E-state index contributed by atoms with van der Waals surface area (Å²) < 4.78 is 7.11. The van der Waals surface area contributed by atoms with E-state index in [0.717, 1.165) is 47.7 Å². The Morgan fingerprint density at radius 2 is 2.09 bits per heavy atom. The number of rotatable bonds is 6. The van der Waals surface area contributed by atoms with Gasteiger partial charge in [-0.3, -0.25) is 14.2 Å². The predicted molar refractivity (Wildman–Crippen MR) is 131 cm³/mol. The van der Waals surface area contributed by atoms with Gasteiger partial charge in [-0.15, -0.1) is 11.3 Å². The van der Waals surface area contributed by atoms with Crippen molar-refractivity contribution in [3.63, 3.8) is 0 Å². The topological polar surface area (TPSA) is 85.3 Å². The molecule has 0 aliphatic heterocycles. The third-order valence-corrected chi connectivity index (χ3v) is 8.20. The maximum atomic E-state index is 13.7. The zero-order valence-electron chi connectivity index (χ0n) is 18.2. The van der Waals surface area contributed by atoms with E-state index in [-0.39, 0.29) is 5.56 Å². The Balaban J connectivity index is 1.53. The van der Waals surface area contributed by atoms with Gasteiger partial charge in [0.2, 0.25) is 5.43 Å². The molecule has 3 aromatic heterocycles. The Morgan fingerprint density at radius 3 is 2.88 bits per heavy atom. The monoisotopic (exact) mass is 480 g/mol. The smallest absolute Gasteiger partial charge is 0.263 e. The maximum absolute atomic E-state index is 13.7. The lowest BCUT2D eigenvalue weighted by Gasteiger charge is -2.17. The van der Waals surface area contributed by atoms with E-state index in [4.69, 9.17) is 9.40 Å². The van der Waals surface area contributed by atoms with Gasteiger partial charge in [0.15, 0.2) is 10.9 Å². The molecule has 1 atom stereocenters. The van der Waals surface area contributed by atoms with Crippen LogP contribution in [0.2, 0.25) is 0 Å². The molecule has 1 aromatic carbocycles. The summed E-state index contributed by atoms with van der Waals surface area (Å²) in [5.41, 5.74) is 1.87. The number of hydrogen-bond donors (Lipinski definition) is 1. The van der Waals surface area contributed by atoms with E-state index in [1.165, 1.54) is 28.3 Å². The molecule has 33 heavy (non-hydrogen) atoms. The minimum atomic E-state index is -0.484. The molecule has 1 unspecified atom stereocenters. The molecular weight excluding hydrogens is 456 g/mol. The minimum Gasteiger partial charge on any atom is -0.502 e. The minimum absolute atomic E-state index is 0.0117. The summed E-state index contributed by atoms with van der Waals surface area (Å²) in [5, 5.41) is 10.8. The Labute approximate surface area is 198 Å². The summed E-state index contributed by atoms with van der Waals surface area (Å²) in [6.45, 7) is 2.78. The average Bonchev–Trinajstić information content (AvgIpc) is 3.17. The molecule has 0 spiro atoms. The van der Waals surface area contributed by atoms with Crippen LogP contribution in [0.25, 0.3) is 10.2 Å². The first-order valence-electron chi connectivity index (χ1n) is 11.0. The summed E-state index contributed by atoms with van der Waals surface area (Å²) in [5.74, 6) is 0.964. The van der Waals surface area contributed by atoms with E-state index in [9.17, 15) is 14.7 Å². The summed E-state index contributed by atoms with van der Waals surface area (Å²) in [7, 11) is 0. The van der Waals surface area contributed by atoms with E-state index in [2.05, 4.69) is 19.1 Å². The number of hydrogen-bond acceptors (Lipinski definition) is 7. The highest BCUT2D eigenvalue weighted by Crippen LogP contribution is 2.36. The largest absolute Gasteiger partial charge is 0.502 e. The standard InChI is InChI=1S/C25H24N2O4S2/c1-15-7-8-18-21(11-15)33-23-22(18)24(30)27(10-9-16-5-3-2-4-6-16)25(26-23)32-14-17-12-19(28)20(29)13-31-17/h2-6,12-13,15,29H,7-11,14H2,1H3. The van der Waals surface area contributed by atoms with Crippen LogP contribution < -0.4 is 11.0 Å². The second-order valence-electron chi connectivity index (χ2n) is 8.50. The normalized spacial score (nSPS) is 15.6. The second-order valence-corrected chi connectivity index (χ2v) is 10.5. The van der Waals surface area contributed by atoms with Crippen LogP contribution in [0.3, 0.4) is 0 Å². The highest BCUT2D eigenvalue weighted by atomic mass is 32.2. The van der Waals surface area contributed by atoms with Gasteiger partial charge in [-0.1, -0.05) is 49.0 Å². The van der Waals surface area contributed by atoms with Gasteiger partial charge in [0, 0.05) is 17.5 Å². The van der Waals surface area contributed by atoms with Crippen molar-refractivity contribution in [2.45, 2.75) is 50.1 Å². The molecular formula is C25H24N2O4S2. The summed E-state index contributed by atoms with van der Waals surface area (Å²) in [4.78, 5) is 32.5. The molecule has 1 aliphatic carbocycles. The van der Waals surface area contributed by atoms with Crippen molar-refractivity contribution in [2.24, 2.45) is 5.92 Å². The third kappa shape index (κ3) is 4.50. The second kappa shape index (κ2) is 9.19. The van der Waals surface area contributed by atoms with E-state index >= 15 is 0 Å². The lowest BCUT2D eigenvalue weighted by atomic mass is 9.89. The van der Waals surface area contributed by atoms with Crippen LogP contribution >= 0.6 is 23.1 Å². The molecule has 0 bridgehead atoms. The third-order valence-electron chi connectivity index (χ3n) is 6.06. The quantitative estimate of drug-likeness (QED) is 0.316. The van der Waals surface area contributed by atoms with Gasteiger partial charge in [0.05, 0.1) is 11.1 Å². The molecule has 1 N–H and O–H groups in total. The number of aromatic hydroxyl groups is 1. The molecule has 1 aliphatic rings. The number of thiophene rings is 1. The molecule has 0 radical (unpaired) electrons. The molecule has 0 fully saturated rings. The predicted octanol–water partition coefficient (Wildman–Crippen LogP) is 4.78. The fraction of sp³-hybridized carbons (Fsp3) is 0.320. The van der Waals surface area contributed by atoms with E-state index < -0.39 is 11.2 Å². The zero-order valence-corrected chi connectivity index (χ0v) is 19.9. The van der Waals surface area contributed by atoms with E-state index in [0.29, 0.717) is 29.1 Å². The number of aryl methyl sites for hydroxylation is 2. The summed E-state index contributed by atoms with van der Waals surface area (Å²) in [6.07, 6.45) is 4.79. The Kier molecular flexibility index (Phi) is 6.12. The lowest BCUT2D eigenvalue weighted by Crippen LogP contribution is -2.25. The summed E-state index contributed by atoms with van der Waals surface area (Å²) >= 11 is 3.01. The number of fused-ring (bicyclic) bond motifs is 3. The maximum Gasteiger partial charge on any atom is 0.263 e. The fourth-order valence-corrected chi connectivity index (χ4v) is 6.59. The lowest BCUT2D eigenvalue weighted by molar-refractivity contribution is 0.419. The van der Waals surface area contributed by atoms with Crippen LogP contribution in [-0.4, -0.2) is 14.7 Å². The number of aromatic nitrogens is 2. The van der Waals surface area contributed by atoms with Crippen LogP contribution in [0.15, 0.2) is 61.8 Å². The SMILES string of the molecule is CC1CCc2c(sc3nc(SCc4cc(=O)c(O)co4)n(CCc4ccccc4)c(=O)c23)C1. The van der Waals surface area contributed by atoms with Gasteiger partial charge in [0.1, 0.15) is 16.9 Å². The molecule has 4 aromatic rings. The average molecular weight is 481 g/mol. The van der Waals surface area contributed by atoms with Crippen molar-refractivity contribution in [1.82, 2.24) is 9.55 Å². The van der Waals surface area contributed by atoms with Gasteiger partial charge >= 0.3 is 0 Å². The molecule has 0 amide bonds. The fourth-order valence-electron chi connectivity index (χ4n) is 4.25. The van der Waals surface area contributed by atoms with Crippen molar-refractivity contribution < 1.29 is 9.52 Å². The van der Waals surface area contributed by atoms with Crippen molar-refractivity contribution in [3.8, 4) is 5.75 Å². The van der Waals surface area contributed by atoms with Gasteiger partial charge in [-0.25, -0.2) is 4.98 Å². The highest BCUT2D eigenvalue weighted by molar-refractivity contribution is 7.98. The highest BCUT2D eigenvalue weighted by Gasteiger charge is 2.25. The van der Waals surface area contributed by atoms with Crippen LogP contribution in [-0.2, 0) is 31.6 Å². The van der Waals surface area contributed by atoms with Crippen LogP contribution in [0, 0.1) is 5.92 Å². The van der Waals surface area contributed by atoms with Gasteiger partial charge in [0.25, 0.3) is 5.56 Å². The zero-order chi connectivity index (χ0) is 22.9. The van der Waals surface area contributed by atoms with Crippen LogP contribution in [0.1, 0.15) is 35.1 Å². The number of benzene rings is 1. The van der Waals surface area contributed by atoms with E-state index in [1.54, 1.807) is 15.9 Å². The number of thioether (sulfide) groups is 1. The first-order valence-corrected chi connectivity index (χ1v) is 12.8. The molecule has 0 saturated carbocycles. The molecule has 3 heterocycles. The Morgan fingerprint density at radius 1 is 1.27 bits per heavy atom. The molecule has 6 nitrogen and oxygen atoms in total. The van der Waals surface area contributed by atoms with Crippen LogP contribution in [0.4, 0.5) is 0 Å². The number of nitrogens with zero attached hydrogens (tertiary/aromatic N) is 2. The van der Waals surface area contributed by atoms with Gasteiger partial charge in [-0.2, -0.15) is 0 Å². The molecule has 0 saturated heterocycles. The molecule has 5 rings (SSSR count). The Hall–Kier alpha value is -2.84. The summed E-state index contributed by atoms with van der Waals surface area (Å²) in [6, 6.07) is 11.4. The van der Waals surface area contributed by atoms with Crippen LogP contribution in [0.5, 0.6) is 5.75 Å². The van der Waals surface area contributed by atoms with E-state index in [1.807, 2.05) is 18.2 Å². The molecule has 170 valence electrons. The van der Waals surface area contributed by atoms with Gasteiger partial charge < -0.3 is 9.52 Å².